The van der Waals surface area contributed by atoms with Crippen LogP contribution in [0.5, 0.6) is 5.75 Å². The number of nitrogens with zero attached hydrogens (tertiary/aromatic N) is 2. The van der Waals surface area contributed by atoms with Crippen LogP contribution in [-0.2, 0) is 4.79 Å². The van der Waals surface area contributed by atoms with Crippen LogP contribution in [0.1, 0.15) is 23.6 Å². The highest BCUT2D eigenvalue weighted by Gasteiger charge is 2.34. The van der Waals surface area contributed by atoms with Crippen molar-refractivity contribution in [3.05, 3.63) is 110 Å². The predicted molar refractivity (Wildman–Crippen MR) is 130 cm³/mol. The SMILES string of the molecule is CCOc1ccc(/C=C2\C=C(c3ccc(Cl)cc3)N(c3ccc(C)cc3[N+](=O)[O-])C2=O)cc1. The molecular weight excluding hydrogens is 440 g/mol. The number of rotatable bonds is 6. The summed E-state index contributed by atoms with van der Waals surface area (Å²) in [4.78, 5) is 26.2. The standard InChI is InChI=1S/C26H21ClN2O4/c1-3-33-22-11-5-18(6-12-22)15-20-16-24(19-7-9-21(27)10-8-19)28(26(20)30)23-13-4-17(2)14-25(23)29(31)32/h4-16H,3H2,1-2H3/b20-15+. The molecule has 0 N–H and O–H groups in total. The van der Waals surface area contributed by atoms with Gasteiger partial charge in [-0.3, -0.25) is 19.8 Å². The van der Waals surface area contributed by atoms with Crippen LogP contribution in [0.15, 0.2) is 78.4 Å². The topological polar surface area (TPSA) is 72.7 Å². The molecule has 1 aliphatic rings. The Morgan fingerprint density at radius 3 is 2.39 bits per heavy atom. The normalized spacial score (nSPS) is 14.5. The molecule has 0 aromatic heterocycles. The Balaban J connectivity index is 1.82. The Kier molecular flexibility index (Phi) is 6.29. The van der Waals surface area contributed by atoms with Gasteiger partial charge in [0.05, 0.1) is 17.2 Å². The van der Waals surface area contributed by atoms with Crippen LogP contribution < -0.4 is 9.64 Å². The summed E-state index contributed by atoms with van der Waals surface area (Å²) in [7, 11) is 0. The van der Waals surface area contributed by atoms with Crippen molar-refractivity contribution in [3.8, 4) is 5.75 Å². The fourth-order valence-corrected chi connectivity index (χ4v) is 3.79. The van der Waals surface area contributed by atoms with Crippen LogP contribution >= 0.6 is 11.6 Å². The van der Waals surface area contributed by atoms with Gasteiger partial charge in [0.1, 0.15) is 11.4 Å². The first-order chi connectivity index (χ1) is 15.9. The summed E-state index contributed by atoms with van der Waals surface area (Å²) >= 11 is 6.04. The lowest BCUT2D eigenvalue weighted by atomic mass is 10.1. The van der Waals surface area contributed by atoms with Gasteiger partial charge in [0.2, 0.25) is 0 Å². The van der Waals surface area contributed by atoms with Crippen LogP contribution in [-0.4, -0.2) is 17.4 Å². The van der Waals surface area contributed by atoms with Crippen LogP contribution in [0.25, 0.3) is 11.8 Å². The van der Waals surface area contributed by atoms with Gasteiger partial charge >= 0.3 is 0 Å². The maximum atomic E-state index is 13.5. The number of carbonyl (C=O) groups excluding carboxylic acids is 1. The van der Waals surface area contributed by atoms with Gasteiger partial charge < -0.3 is 4.74 Å². The average Bonchev–Trinajstić information content (AvgIpc) is 3.11. The van der Waals surface area contributed by atoms with Gasteiger partial charge in [-0.2, -0.15) is 0 Å². The lowest BCUT2D eigenvalue weighted by Crippen LogP contribution is -2.25. The minimum atomic E-state index is -0.469. The number of anilines is 1. The molecule has 0 fully saturated rings. The molecule has 3 aromatic rings. The van der Waals surface area contributed by atoms with Crippen molar-refractivity contribution in [1.82, 2.24) is 0 Å². The van der Waals surface area contributed by atoms with Crippen molar-refractivity contribution in [2.45, 2.75) is 13.8 Å². The predicted octanol–water partition coefficient (Wildman–Crippen LogP) is 6.43. The number of carbonyl (C=O) groups is 1. The summed E-state index contributed by atoms with van der Waals surface area (Å²) in [6.07, 6.45) is 3.50. The molecule has 0 unspecified atom stereocenters. The molecule has 1 aliphatic heterocycles. The van der Waals surface area contributed by atoms with Crippen molar-refractivity contribution in [2.75, 3.05) is 11.5 Å². The summed E-state index contributed by atoms with van der Waals surface area (Å²) in [5.74, 6) is 0.396. The van der Waals surface area contributed by atoms with Gasteiger partial charge in [0.15, 0.2) is 0 Å². The first kappa shape index (κ1) is 22.3. The highest BCUT2D eigenvalue weighted by atomic mass is 35.5. The smallest absolute Gasteiger partial charge is 0.293 e. The zero-order valence-corrected chi connectivity index (χ0v) is 18.9. The monoisotopic (exact) mass is 460 g/mol. The van der Waals surface area contributed by atoms with E-state index in [4.69, 9.17) is 16.3 Å². The number of nitro benzene ring substituents is 1. The van der Waals surface area contributed by atoms with Gasteiger partial charge in [-0.15, -0.1) is 0 Å². The molecule has 0 atom stereocenters. The molecule has 3 aromatic carbocycles. The second kappa shape index (κ2) is 9.30. The van der Waals surface area contributed by atoms with E-state index in [0.717, 1.165) is 22.4 Å². The molecule has 0 saturated carbocycles. The van der Waals surface area contributed by atoms with E-state index in [1.165, 1.54) is 11.0 Å². The second-order valence-corrected chi connectivity index (χ2v) is 7.96. The van der Waals surface area contributed by atoms with Crippen LogP contribution in [0.3, 0.4) is 0 Å². The molecule has 6 nitrogen and oxygen atoms in total. The van der Waals surface area contributed by atoms with Gasteiger partial charge in [0, 0.05) is 16.7 Å². The number of hydrogen-bond acceptors (Lipinski definition) is 4. The van der Waals surface area contributed by atoms with E-state index in [1.54, 1.807) is 55.5 Å². The number of benzene rings is 3. The molecule has 1 amide bonds. The quantitative estimate of drug-likeness (QED) is 0.241. The molecule has 0 saturated heterocycles. The Labute approximate surface area is 196 Å². The van der Waals surface area contributed by atoms with E-state index >= 15 is 0 Å². The Hall–Kier alpha value is -3.90. The van der Waals surface area contributed by atoms with Gasteiger partial charge in [0.25, 0.3) is 11.6 Å². The third kappa shape index (κ3) is 4.66. The molecule has 0 aliphatic carbocycles. The molecule has 4 rings (SSSR count). The Morgan fingerprint density at radius 2 is 1.76 bits per heavy atom. The number of amides is 1. The summed E-state index contributed by atoms with van der Waals surface area (Å²) in [5.41, 5.74) is 3.31. The number of ether oxygens (including phenoxy) is 1. The number of hydrogen-bond donors (Lipinski definition) is 0. The zero-order chi connectivity index (χ0) is 23.5. The van der Waals surface area contributed by atoms with E-state index < -0.39 is 4.92 Å². The molecule has 7 heteroatoms. The minimum Gasteiger partial charge on any atom is -0.494 e. The summed E-state index contributed by atoms with van der Waals surface area (Å²) in [6.45, 7) is 4.25. The maximum absolute atomic E-state index is 13.5. The third-order valence-electron chi connectivity index (χ3n) is 5.20. The largest absolute Gasteiger partial charge is 0.494 e. The summed E-state index contributed by atoms with van der Waals surface area (Å²) in [5, 5.41) is 12.3. The van der Waals surface area contributed by atoms with Crippen molar-refractivity contribution in [3.63, 3.8) is 0 Å². The molecule has 1 heterocycles. The highest BCUT2D eigenvalue weighted by Crippen LogP contribution is 2.40. The van der Waals surface area contributed by atoms with Gasteiger partial charge in [-0.05, 0) is 73.0 Å². The van der Waals surface area contributed by atoms with Crippen LogP contribution in [0.4, 0.5) is 11.4 Å². The van der Waals surface area contributed by atoms with E-state index in [1.807, 2.05) is 31.2 Å². The first-order valence-corrected chi connectivity index (χ1v) is 10.8. The lowest BCUT2D eigenvalue weighted by molar-refractivity contribution is -0.384. The average molecular weight is 461 g/mol. The van der Waals surface area contributed by atoms with Crippen molar-refractivity contribution in [2.24, 2.45) is 0 Å². The number of halogens is 1. The fraction of sp³-hybridized carbons (Fsp3) is 0.115. The molecular formula is C26H21ClN2O4. The van der Waals surface area contributed by atoms with Gasteiger partial charge in [-0.1, -0.05) is 41.9 Å². The third-order valence-corrected chi connectivity index (χ3v) is 5.46. The summed E-state index contributed by atoms with van der Waals surface area (Å²) in [6, 6.07) is 19.2. The lowest BCUT2D eigenvalue weighted by Gasteiger charge is -2.21. The Bertz CT molecular complexity index is 1280. The van der Waals surface area contributed by atoms with Crippen molar-refractivity contribution < 1.29 is 14.5 Å². The summed E-state index contributed by atoms with van der Waals surface area (Å²) < 4.78 is 5.47. The van der Waals surface area contributed by atoms with Gasteiger partial charge in [-0.25, -0.2) is 0 Å². The minimum absolute atomic E-state index is 0.134. The fourth-order valence-electron chi connectivity index (χ4n) is 3.66. The van der Waals surface area contributed by atoms with E-state index in [9.17, 15) is 14.9 Å². The molecule has 166 valence electrons. The molecule has 33 heavy (non-hydrogen) atoms. The number of nitro groups is 1. The van der Waals surface area contributed by atoms with E-state index in [-0.39, 0.29) is 17.3 Å². The Morgan fingerprint density at radius 1 is 1.06 bits per heavy atom. The van der Waals surface area contributed by atoms with Crippen molar-refractivity contribution >= 4 is 40.7 Å². The zero-order valence-electron chi connectivity index (χ0n) is 18.1. The highest BCUT2D eigenvalue weighted by molar-refractivity contribution is 6.30. The van der Waals surface area contributed by atoms with E-state index in [0.29, 0.717) is 22.9 Å². The molecule has 0 radical (unpaired) electrons. The molecule has 0 bridgehead atoms. The van der Waals surface area contributed by atoms with Crippen LogP contribution in [0, 0.1) is 17.0 Å². The molecule has 0 spiro atoms. The van der Waals surface area contributed by atoms with Crippen LogP contribution in [0.2, 0.25) is 5.02 Å². The second-order valence-electron chi connectivity index (χ2n) is 7.53. The first-order valence-electron chi connectivity index (χ1n) is 10.4. The van der Waals surface area contributed by atoms with Crippen molar-refractivity contribution in [1.29, 1.82) is 0 Å². The van der Waals surface area contributed by atoms with E-state index in [2.05, 4.69) is 0 Å². The maximum Gasteiger partial charge on any atom is 0.293 e. The number of aryl methyl sites for hydroxylation is 1.